The number of hydrogen-bond donors (Lipinski definition) is 1. The zero-order valence-electron chi connectivity index (χ0n) is 11.5. The van der Waals surface area contributed by atoms with Crippen molar-refractivity contribution in [2.24, 2.45) is 0 Å². The van der Waals surface area contributed by atoms with E-state index in [0.29, 0.717) is 6.54 Å². The Balaban J connectivity index is 2.05. The van der Waals surface area contributed by atoms with Gasteiger partial charge >= 0.3 is 0 Å². The van der Waals surface area contributed by atoms with Gasteiger partial charge in [0.1, 0.15) is 11.5 Å². The van der Waals surface area contributed by atoms with Crippen LogP contribution in [0.3, 0.4) is 0 Å². The Bertz CT molecular complexity index is 515. The van der Waals surface area contributed by atoms with Gasteiger partial charge in [0.25, 0.3) is 0 Å². The molecule has 0 saturated carbocycles. The fraction of sp³-hybridized carbons (Fsp3) is 0.357. The average molecular weight is 261 g/mol. The average Bonchev–Trinajstić information content (AvgIpc) is 2.92. The summed E-state index contributed by atoms with van der Waals surface area (Å²) in [5, 5.41) is 7.73. The van der Waals surface area contributed by atoms with E-state index in [1.54, 1.807) is 14.2 Å². The van der Waals surface area contributed by atoms with E-state index < -0.39 is 0 Å². The van der Waals surface area contributed by atoms with Crippen molar-refractivity contribution in [1.29, 1.82) is 0 Å². The molecule has 0 radical (unpaired) electrons. The molecule has 0 fully saturated rings. The van der Waals surface area contributed by atoms with E-state index >= 15 is 0 Å². The van der Waals surface area contributed by atoms with Gasteiger partial charge in [-0.1, -0.05) is 0 Å². The molecule has 102 valence electrons. The third kappa shape index (κ3) is 3.40. The first-order valence-electron chi connectivity index (χ1n) is 6.24. The van der Waals surface area contributed by atoms with Gasteiger partial charge in [-0.3, -0.25) is 4.68 Å². The molecule has 2 rings (SSSR count). The highest BCUT2D eigenvalue weighted by Gasteiger charge is 2.03. The number of anilines is 1. The summed E-state index contributed by atoms with van der Waals surface area (Å²) in [6, 6.07) is 7.71. The molecule has 1 N–H and O–H groups in total. The molecule has 2 aromatic rings. The molecule has 1 heterocycles. The van der Waals surface area contributed by atoms with Crippen LogP contribution in [-0.2, 0) is 13.1 Å². The monoisotopic (exact) mass is 261 g/mol. The van der Waals surface area contributed by atoms with Gasteiger partial charge in [0.2, 0.25) is 0 Å². The summed E-state index contributed by atoms with van der Waals surface area (Å²) in [5.41, 5.74) is 1.95. The Kier molecular flexibility index (Phi) is 4.28. The molecule has 0 aliphatic carbocycles. The van der Waals surface area contributed by atoms with Crippen LogP contribution in [0, 0.1) is 0 Å². The smallest absolute Gasteiger partial charge is 0.124 e. The topological polar surface area (TPSA) is 48.3 Å². The number of aromatic nitrogens is 2. The Morgan fingerprint density at radius 1 is 1.16 bits per heavy atom. The molecule has 0 aliphatic heterocycles. The quantitative estimate of drug-likeness (QED) is 0.868. The molecule has 5 nitrogen and oxygen atoms in total. The van der Waals surface area contributed by atoms with Crippen LogP contribution in [0.25, 0.3) is 0 Å². The van der Waals surface area contributed by atoms with E-state index in [1.807, 2.05) is 35.1 Å². The molecule has 1 aromatic carbocycles. The van der Waals surface area contributed by atoms with Gasteiger partial charge in [0, 0.05) is 36.6 Å². The molecule has 19 heavy (non-hydrogen) atoms. The first kappa shape index (κ1) is 13.3. The van der Waals surface area contributed by atoms with Crippen LogP contribution >= 0.6 is 0 Å². The van der Waals surface area contributed by atoms with Crippen molar-refractivity contribution in [3.63, 3.8) is 0 Å². The fourth-order valence-corrected chi connectivity index (χ4v) is 1.78. The molecule has 0 bridgehead atoms. The van der Waals surface area contributed by atoms with Crippen molar-refractivity contribution in [2.75, 3.05) is 19.5 Å². The number of methoxy groups -OCH3 is 2. The van der Waals surface area contributed by atoms with Gasteiger partial charge in [-0.15, -0.1) is 0 Å². The predicted octanol–water partition coefficient (Wildman–Crippen LogP) is 2.53. The van der Waals surface area contributed by atoms with Crippen LogP contribution in [-0.4, -0.2) is 24.0 Å². The van der Waals surface area contributed by atoms with E-state index in [2.05, 4.69) is 17.3 Å². The van der Waals surface area contributed by atoms with Crippen LogP contribution < -0.4 is 14.8 Å². The van der Waals surface area contributed by atoms with E-state index in [4.69, 9.17) is 9.47 Å². The summed E-state index contributed by atoms with van der Waals surface area (Å²) < 4.78 is 12.4. The van der Waals surface area contributed by atoms with Crippen LogP contribution in [0.15, 0.2) is 30.5 Å². The molecule has 0 atom stereocenters. The van der Waals surface area contributed by atoms with Crippen molar-refractivity contribution >= 4 is 5.69 Å². The van der Waals surface area contributed by atoms with E-state index in [9.17, 15) is 0 Å². The number of nitrogens with one attached hydrogen (secondary N) is 1. The van der Waals surface area contributed by atoms with Crippen LogP contribution in [0.2, 0.25) is 0 Å². The lowest BCUT2D eigenvalue weighted by atomic mass is 10.2. The first-order valence-corrected chi connectivity index (χ1v) is 6.24. The standard InChI is InChI=1S/C14H19N3O2/c1-4-17-6-5-11(16-17)10-15-12-7-13(18-2)9-14(8-12)19-3/h5-9,15H,4,10H2,1-3H3. The Hall–Kier alpha value is -2.17. The van der Waals surface area contributed by atoms with Crippen LogP contribution in [0.1, 0.15) is 12.6 Å². The normalized spacial score (nSPS) is 10.3. The Morgan fingerprint density at radius 2 is 1.84 bits per heavy atom. The lowest BCUT2D eigenvalue weighted by molar-refractivity contribution is 0.394. The van der Waals surface area contributed by atoms with Crippen molar-refractivity contribution in [3.05, 3.63) is 36.2 Å². The predicted molar refractivity (Wildman–Crippen MR) is 74.8 cm³/mol. The van der Waals surface area contributed by atoms with Gasteiger partial charge in [-0.25, -0.2) is 0 Å². The van der Waals surface area contributed by atoms with E-state index in [-0.39, 0.29) is 0 Å². The highest BCUT2D eigenvalue weighted by Crippen LogP contribution is 2.25. The number of ether oxygens (including phenoxy) is 2. The molecule has 5 heteroatoms. The highest BCUT2D eigenvalue weighted by atomic mass is 16.5. The highest BCUT2D eigenvalue weighted by molar-refractivity contribution is 5.53. The first-order chi connectivity index (χ1) is 9.25. The summed E-state index contributed by atoms with van der Waals surface area (Å²) >= 11 is 0. The maximum Gasteiger partial charge on any atom is 0.124 e. The summed E-state index contributed by atoms with van der Waals surface area (Å²) in [5.74, 6) is 1.53. The molecular weight excluding hydrogens is 242 g/mol. The fourth-order valence-electron chi connectivity index (χ4n) is 1.78. The second-order valence-electron chi connectivity index (χ2n) is 4.12. The van der Waals surface area contributed by atoms with Crippen molar-refractivity contribution < 1.29 is 9.47 Å². The summed E-state index contributed by atoms with van der Waals surface area (Å²) in [4.78, 5) is 0. The van der Waals surface area contributed by atoms with Gasteiger partial charge in [0.05, 0.1) is 26.5 Å². The van der Waals surface area contributed by atoms with Gasteiger partial charge < -0.3 is 14.8 Å². The van der Waals surface area contributed by atoms with Crippen molar-refractivity contribution in [2.45, 2.75) is 20.0 Å². The lowest BCUT2D eigenvalue weighted by Crippen LogP contribution is -2.02. The number of rotatable bonds is 6. The second kappa shape index (κ2) is 6.13. The maximum atomic E-state index is 5.23. The van der Waals surface area contributed by atoms with Gasteiger partial charge in [-0.2, -0.15) is 5.10 Å². The zero-order chi connectivity index (χ0) is 13.7. The third-order valence-corrected chi connectivity index (χ3v) is 2.84. The second-order valence-corrected chi connectivity index (χ2v) is 4.12. The SMILES string of the molecule is CCn1ccc(CNc2cc(OC)cc(OC)c2)n1. The lowest BCUT2D eigenvalue weighted by Gasteiger charge is -2.09. The minimum atomic E-state index is 0.670. The molecule has 0 unspecified atom stereocenters. The number of nitrogens with zero attached hydrogens (tertiary/aromatic N) is 2. The number of benzene rings is 1. The summed E-state index contributed by atoms with van der Waals surface area (Å²) in [7, 11) is 3.28. The van der Waals surface area contributed by atoms with Crippen LogP contribution in [0.5, 0.6) is 11.5 Å². The van der Waals surface area contributed by atoms with E-state index in [0.717, 1.165) is 29.4 Å². The summed E-state index contributed by atoms with van der Waals surface area (Å²) in [6.45, 7) is 3.62. The van der Waals surface area contributed by atoms with Crippen molar-refractivity contribution in [1.82, 2.24) is 9.78 Å². The molecule has 1 aromatic heterocycles. The number of hydrogen-bond acceptors (Lipinski definition) is 4. The molecule has 0 amide bonds. The minimum Gasteiger partial charge on any atom is -0.497 e. The van der Waals surface area contributed by atoms with Crippen LogP contribution in [0.4, 0.5) is 5.69 Å². The molecule has 0 aliphatic rings. The zero-order valence-corrected chi connectivity index (χ0v) is 11.5. The Morgan fingerprint density at radius 3 is 2.37 bits per heavy atom. The minimum absolute atomic E-state index is 0.670. The van der Waals surface area contributed by atoms with Gasteiger partial charge in [0.15, 0.2) is 0 Å². The van der Waals surface area contributed by atoms with E-state index in [1.165, 1.54) is 0 Å². The largest absolute Gasteiger partial charge is 0.497 e. The van der Waals surface area contributed by atoms with Gasteiger partial charge in [-0.05, 0) is 13.0 Å². The molecule has 0 saturated heterocycles. The molecule has 0 spiro atoms. The van der Waals surface area contributed by atoms with Crippen molar-refractivity contribution in [3.8, 4) is 11.5 Å². The maximum absolute atomic E-state index is 5.23. The number of aryl methyl sites for hydroxylation is 1. The molecular formula is C14H19N3O2. The third-order valence-electron chi connectivity index (χ3n) is 2.84. The Labute approximate surface area is 113 Å². The summed E-state index contributed by atoms with van der Waals surface area (Å²) in [6.07, 6.45) is 1.98.